The van der Waals surface area contributed by atoms with Crippen molar-refractivity contribution in [2.45, 2.75) is 12.6 Å². The third kappa shape index (κ3) is 3.69. The molecule has 2 heterocycles. The van der Waals surface area contributed by atoms with Gasteiger partial charge in [-0.15, -0.1) is 0 Å². The first-order valence-electron chi connectivity index (χ1n) is 9.92. The summed E-state index contributed by atoms with van der Waals surface area (Å²) in [6.07, 6.45) is 1.41. The molecule has 0 saturated carbocycles. The quantitative estimate of drug-likeness (QED) is 0.466. The highest BCUT2D eigenvalue weighted by Gasteiger charge is 2.21. The Morgan fingerprint density at radius 3 is 2.45 bits per heavy atom. The zero-order valence-corrected chi connectivity index (χ0v) is 16.5. The van der Waals surface area contributed by atoms with Crippen molar-refractivity contribution in [1.82, 2.24) is 24.8 Å². The molecule has 0 saturated heterocycles. The molecule has 2 N–H and O–H groups in total. The summed E-state index contributed by atoms with van der Waals surface area (Å²) in [7, 11) is 0. The zero-order valence-electron chi connectivity index (χ0n) is 16.5. The van der Waals surface area contributed by atoms with Crippen molar-refractivity contribution in [3.8, 4) is 0 Å². The molecule has 0 radical (unpaired) electrons. The van der Waals surface area contributed by atoms with Gasteiger partial charge in [-0.25, -0.2) is 9.97 Å². The van der Waals surface area contributed by atoms with Gasteiger partial charge in [0.25, 0.3) is 5.56 Å². The molecule has 7 nitrogen and oxygen atoms in total. The molecule has 1 amide bonds. The predicted octanol–water partition coefficient (Wildman–Crippen LogP) is 3.18. The fourth-order valence-corrected chi connectivity index (χ4v) is 3.64. The van der Waals surface area contributed by atoms with Gasteiger partial charge < -0.3 is 10.3 Å². The number of fused-ring (bicyclic) bond motifs is 2. The Balaban J connectivity index is 1.46. The fraction of sp³-hybridized carbons (Fsp3) is 0.0833. The van der Waals surface area contributed by atoms with E-state index in [1.165, 1.54) is 10.9 Å². The number of aromatic amines is 1. The summed E-state index contributed by atoms with van der Waals surface area (Å²) in [4.78, 5) is 37.9. The number of carbonyl (C=O) groups excluding carboxylic acids is 1. The Kier molecular flexibility index (Phi) is 4.76. The van der Waals surface area contributed by atoms with Crippen LogP contribution in [0.15, 0.2) is 90.0 Å². The first kappa shape index (κ1) is 18.7. The fourth-order valence-electron chi connectivity index (χ4n) is 3.64. The van der Waals surface area contributed by atoms with Crippen LogP contribution in [-0.2, 0) is 11.3 Å². The van der Waals surface area contributed by atoms with Crippen LogP contribution in [0.5, 0.6) is 0 Å². The lowest BCUT2D eigenvalue weighted by Crippen LogP contribution is -2.35. The van der Waals surface area contributed by atoms with E-state index in [4.69, 9.17) is 0 Å². The van der Waals surface area contributed by atoms with Gasteiger partial charge in [-0.3, -0.25) is 14.2 Å². The van der Waals surface area contributed by atoms with Crippen LogP contribution >= 0.6 is 0 Å². The minimum Gasteiger partial charge on any atom is -0.341 e. The Morgan fingerprint density at radius 2 is 1.65 bits per heavy atom. The lowest BCUT2D eigenvalue weighted by atomic mass is 10.1. The third-order valence-corrected chi connectivity index (χ3v) is 5.16. The molecule has 152 valence electrons. The summed E-state index contributed by atoms with van der Waals surface area (Å²) in [5.41, 5.74) is 2.96. The molecule has 2 aromatic heterocycles. The zero-order chi connectivity index (χ0) is 21.2. The number of rotatable bonds is 5. The molecule has 1 atom stereocenters. The van der Waals surface area contributed by atoms with Crippen molar-refractivity contribution in [2.24, 2.45) is 0 Å². The molecule has 0 aliphatic rings. The summed E-state index contributed by atoms with van der Waals surface area (Å²) in [5.74, 6) is 0.318. The average molecular weight is 409 g/mol. The summed E-state index contributed by atoms with van der Waals surface area (Å²) >= 11 is 0. The number of para-hydroxylation sites is 3. The van der Waals surface area contributed by atoms with E-state index >= 15 is 0 Å². The van der Waals surface area contributed by atoms with Gasteiger partial charge in [0, 0.05) is 0 Å². The number of aromatic nitrogens is 4. The van der Waals surface area contributed by atoms with E-state index in [9.17, 15) is 9.59 Å². The summed E-state index contributed by atoms with van der Waals surface area (Å²) < 4.78 is 1.32. The van der Waals surface area contributed by atoms with E-state index in [-0.39, 0.29) is 18.0 Å². The number of benzene rings is 3. The number of hydrogen-bond donors (Lipinski definition) is 2. The lowest BCUT2D eigenvalue weighted by molar-refractivity contribution is -0.122. The monoisotopic (exact) mass is 409 g/mol. The lowest BCUT2D eigenvalue weighted by Gasteiger charge is -2.17. The SMILES string of the molecule is O=C(Cn1cnc2ccccc2c1=O)NC(c1ccccc1)c1nc2ccccc2[nH]1. The molecule has 1 unspecified atom stereocenters. The average Bonchev–Trinajstić information content (AvgIpc) is 3.24. The summed E-state index contributed by atoms with van der Waals surface area (Å²) in [6.45, 7) is -0.139. The van der Waals surface area contributed by atoms with Gasteiger partial charge in [0.2, 0.25) is 5.91 Å². The van der Waals surface area contributed by atoms with Gasteiger partial charge >= 0.3 is 0 Å². The van der Waals surface area contributed by atoms with Crippen molar-refractivity contribution < 1.29 is 4.79 Å². The van der Waals surface area contributed by atoms with E-state index in [1.807, 2.05) is 60.7 Å². The number of nitrogens with zero attached hydrogens (tertiary/aromatic N) is 3. The molecule has 5 aromatic rings. The summed E-state index contributed by atoms with van der Waals surface area (Å²) in [6, 6.07) is 23.9. The van der Waals surface area contributed by atoms with Crippen LogP contribution in [0.2, 0.25) is 0 Å². The largest absolute Gasteiger partial charge is 0.341 e. The third-order valence-electron chi connectivity index (χ3n) is 5.16. The molecule has 3 aromatic carbocycles. The molecular weight excluding hydrogens is 390 g/mol. The Labute approximate surface area is 177 Å². The van der Waals surface area contributed by atoms with Gasteiger partial charge in [-0.2, -0.15) is 0 Å². The standard InChI is InChI=1S/C24H19N5O2/c30-21(14-29-15-25-18-11-5-4-10-17(18)24(29)31)28-22(16-8-2-1-3-9-16)23-26-19-12-6-7-13-20(19)27-23/h1-13,15,22H,14H2,(H,26,27)(H,28,30). The molecule has 0 aliphatic carbocycles. The second-order valence-electron chi connectivity index (χ2n) is 7.25. The minimum atomic E-state index is -0.481. The molecule has 7 heteroatoms. The van der Waals surface area contributed by atoms with Crippen LogP contribution in [0, 0.1) is 0 Å². The Bertz CT molecular complexity index is 1410. The molecule has 5 rings (SSSR count). The number of hydrogen-bond acceptors (Lipinski definition) is 4. The number of amides is 1. The van der Waals surface area contributed by atoms with E-state index in [0.717, 1.165) is 16.6 Å². The van der Waals surface area contributed by atoms with Gasteiger partial charge in [0.1, 0.15) is 18.4 Å². The highest BCUT2D eigenvalue weighted by molar-refractivity contribution is 5.80. The molecule has 31 heavy (non-hydrogen) atoms. The Hall–Kier alpha value is -4.26. The second kappa shape index (κ2) is 7.87. The molecule has 0 spiro atoms. The first-order chi connectivity index (χ1) is 15.2. The van der Waals surface area contributed by atoms with Crippen LogP contribution in [0.4, 0.5) is 0 Å². The van der Waals surface area contributed by atoms with Crippen LogP contribution in [0.25, 0.3) is 21.9 Å². The highest BCUT2D eigenvalue weighted by atomic mass is 16.2. The van der Waals surface area contributed by atoms with Crippen molar-refractivity contribution in [3.05, 3.63) is 107 Å². The van der Waals surface area contributed by atoms with Gasteiger partial charge in [-0.1, -0.05) is 54.6 Å². The molecular formula is C24H19N5O2. The van der Waals surface area contributed by atoms with Crippen molar-refractivity contribution in [1.29, 1.82) is 0 Å². The molecule has 0 fully saturated rings. The van der Waals surface area contributed by atoms with Crippen LogP contribution < -0.4 is 10.9 Å². The topological polar surface area (TPSA) is 92.7 Å². The van der Waals surface area contributed by atoms with E-state index < -0.39 is 6.04 Å². The second-order valence-corrected chi connectivity index (χ2v) is 7.25. The Morgan fingerprint density at radius 1 is 0.935 bits per heavy atom. The van der Waals surface area contributed by atoms with Crippen molar-refractivity contribution in [3.63, 3.8) is 0 Å². The van der Waals surface area contributed by atoms with Crippen LogP contribution in [0.1, 0.15) is 17.4 Å². The maximum absolute atomic E-state index is 12.9. The number of imidazole rings is 1. The van der Waals surface area contributed by atoms with Crippen molar-refractivity contribution >= 4 is 27.8 Å². The smallest absolute Gasteiger partial charge is 0.261 e. The number of nitrogens with one attached hydrogen (secondary N) is 2. The highest BCUT2D eigenvalue weighted by Crippen LogP contribution is 2.22. The summed E-state index contributed by atoms with van der Waals surface area (Å²) in [5, 5.41) is 3.50. The van der Waals surface area contributed by atoms with Gasteiger partial charge in [-0.05, 0) is 29.8 Å². The van der Waals surface area contributed by atoms with Crippen molar-refractivity contribution in [2.75, 3.05) is 0 Å². The number of H-pyrrole nitrogens is 1. The minimum absolute atomic E-state index is 0.139. The molecule has 0 bridgehead atoms. The van der Waals surface area contributed by atoms with Gasteiger partial charge in [0.15, 0.2) is 0 Å². The van der Waals surface area contributed by atoms with E-state index in [1.54, 1.807) is 18.2 Å². The van der Waals surface area contributed by atoms with Crippen LogP contribution in [-0.4, -0.2) is 25.4 Å². The van der Waals surface area contributed by atoms with Crippen LogP contribution in [0.3, 0.4) is 0 Å². The maximum Gasteiger partial charge on any atom is 0.261 e. The molecule has 0 aliphatic heterocycles. The number of carbonyl (C=O) groups is 1. The van der Waals surface area contributed by atoms with Gasteiger partial charge in [0.05, 0.1) is 28.3 Å². The van der Waals surface area contributed by atoms with E-state index in [0.29, 0.717) is 16.7 Å². The maximum atomic E-state index is 12.9. The predicted molar refractivity (Wildman–Crippen MR) is 119 cm³/mol. The normalized spacial score (nSPS) is 12.1. The van der Waals surface area contributed by atoms with E-state index in [2.05, 4.69) is 20.3 Å². The first-order valence-corrected chi connectivity index (χ1v) is 9.92.